The maximum absolute atomic E-state index is 9.95. The highest BCUT2D eigenvalue weighted by Gasteiger charge is 2.20. The molecule has 2 rings (SSSR count). The smallest absolute Gasteiger partial charge is 0.152 e. The minimum absolute atomic E-state index is 0.114. The minimum atomic E-state index is -0.387. The molecule has 0 aromatic carbocycles. The van der Waals surface area contributed by atoms with E-state index in [9.17, 15) is 10.3 Å². The average Bonchev–Trinajstić information content (AvgIpc) is 2.30. The van der Waals surface area contributed by atoms with Gasteiger partial charge in [-0.2, -0.15) is 0 Å². The number of halogens is 1. The van der Waals surface area contributed by atoms with Gasteiger partial charge in [-0.1, -0.05) is 12.2 Å². The Kier molecular flexibility index (Phi) is 3.58. The Bertz CT molecular complexity index is 380. The highest BCUT2D eigenvalue weighted by Crippen LogP contribution is 2.21. The first-order valence-corrected chi connectivity index (χ1v) is 5.92. The molecule has 4 nitrogen and oxygen atoms in total. The first kappa shape index (κ1) is 11.6. The molecule has 16 heavy (non-hydrogen) atoms. The molecule has 2 atom stereocenters. The molecule has 1 aliphatic carbocycles. The Morgan fingerprint density at radius 1 is 1.31 bits per heavy atom. The highest BCUT2D eigenvalue weighted by atomic mass is 79.9. The lowest BCUT2D eigenvalue weighted by molar-refractivity contribution is 0.175. The molecule has 5 heteroatoms. The summed E-state index contributed by atoms with van der Waals surface area (Å²) in [5.41, 5.74) is 0. The third kappa shape index (κ3) is 2.61. The zero-order valence-corrected chi connectivity index (χ0v) is 10.2. The molecule has 0 saturated carbocycles. The summed E-state index contributed by atoms with van der Waals surface area (Å²) < 4.78 is 0.874. The van der Waals surface area contributed by atoms with Crippen LogP contribution in [0.1, 0.15) is 12.8 Å². The molecule has 0 spiro atoms. The second-order valence-electron chi connectivity index (χ2n) is 3.78. The van der Waals surface area contributed by atoms with Gasteiger partial charge < -0.3 is 5.11 Å². The van der Waals surface area contributed by atoms with E-state index in [0.717, 1.165) is 9.54 Å². The number of aromatic nitrogens is 1. The fraction of sp³-hybridized carbons (Fsp3) is 0.364. The van der Waals surface area contributed by atoms with E-state index in [4.69, 9.17) is 0 Å². The number of hydroxylamine groups is 1. The minimum Gasteiger partial charge on any atom is -0.389 e. The standard InChI is InChI=1S/C11H13BrN2O2/c12-8-1-6-11(13-7-8)14(16)9-2-4-10(15)5-3-9/h1-2,4,6-7,9-10,15-16H,3,5H2/t9-,10-/m0/s1. The number of aliphatic hydroxyl groups is 1. The lowest BCUT2D eigenvalue weighted by atomic mass is 10.0. The molecule has 0 amide bonds. The van der Waals surface area contributed by atoms with E-state index in [0.29, 0.717) is 18.7 Å². The predicted octanol–water partition coefficient (Wildman–Crippen LogP) is 2.12. The Balaban J connectivity index is 2.10. The second kappa shape index (κ2) is 4.95. The molecule has 1 aliphatic rings. The molecular weight excluding hydrogens is 272 g/mol. The number of nitrogens with zero attached hydrogens (tertiary/aromatic N) is 2. The molecule has 1 aromatic heterocycles. The van der Waals surface area contributed by atoms with Gasteiger partial charge >= 0.3 is 0 Å². The van der Waals surface area contributed by atoms with E-state index in [1.807, 2.05) is 6.07 Å². The van der Waals surface area contributed by atoms with Crippen LogP contribution in [0.3, 0.4) is 0 Å². The van der Waals surface area contributed by atoms with Crippen molar-refractivity contribution in [2.75, 3.05) is 5.06 Å². The van der Waals surface area contributed by atoms with Crippen molar-refractivity contribution < 1.29 is 10.3 Å². The number of anilines is 1. The monoisotopic (exact) mass is 284 g/mol. The van der Waals surface area contributed by atoms with E-state index in [2.05, 4.69) is 20.9 Å². The van der Waals surface area contributed by atoms with Gasteiger partial charge in [0.25, 0.3) is 0 Å². The van der Waals surface area contributed by atoms with Crippen LogP contribution in [0.25, 0.3) is 0 Å². The van der Waals surface area contributed by atoms with Crippen LogP contribution in [0.15, 0.2) is 35.0 Å². The lowest BCUT2D eigenvalue weighted by Gasteiger charge is -2.27. The van der Waals surface area contributed by atoms with Crippen LogP contribution in [0.2, 0.25) is 0 Å². The fourth-order valence-electron chi connectivity index (χ4n) is 1.67. The third-order valence-corrected chi connectivity index (χ3v) is 3.04. The van der Waals surface area contributed by atoms with Crippen LogP contribution in [-0.4, -0.2) is 27.4 Å². The summed E-state index contributed by atoms with van der Waals surface area (Å²) in [6.45, 7) is 0. The fourth-order valence-corrected chi connectivity index (χ4v) is 1.90. The first-order valence-electron chi connectivity index (χ1n) is 5.13. The van der Waals surface area contributed by atoms with Crippen LogP contribution in [0.5, 0.6) is 0 Å². The number of hydrogen-bond donors (Lipinski definition) is 2. The molecule has 1 heterocycles. The molecule has 0 unspecified atom stereocenters. The molecule has 0 saturated heterocycles. The third-order valence-electron chi connectivity index (χ3n) is 2.57. The SMILES string of the molecule is O[C@H]1C=C[C@H](N(O)c2ccc(Br)cn2)CC1. The van der Waals surface area contributed by atoms with Crippen molar-refractivity contribution in [3.63, 3.8) is 0 Å². The van der Waals surface area contributed by atoms with E-state index in [1.54, 1.807) is 24.4 Å². The average molecular weight is 285 g/mol. The second-order valence-corrected chi connectivity index (χ2v) is 4.69. The van der Waals surface area contributed by atoms with Crippen molar-refractivity contribution in [3.05, 3.63) is 35.0 Å². The molecule has 2 N–H and O–H groups in total. The Labute approximate surface area is 102 Å². The Morgan fingerprint density at radius 2 is 2.12 bits per heavy atom. The van der Waals surface area contributed by atoms with Gasteiger partial charge in [0.1, 0.15) is 0 Å². The summed E-state index contributed by atoms with van der Waals surface area (Å²) in [6.07, 6.45) is 6.14. The van der Waals surface area contributed by atoms with Crippen molar-refractivity contribution >= 4 is 21.7 Å². The molecule has 0 fully saturated rings. The van der Waals surface area contributed by atoms with E-state index in [-0.39, 0.29) is 12.1 Å². The van der Waals surface area contributed by atoms with Crippen LogP contribution < -0.4 is 5.06 Å². The summed E-state index contributed by atoms with van der Waals surface area (Å²) in [4.78, 5) is 4.11. The lowest BCUT2D eigenvalue weighted by Crippen LogP contribution is -2.34. The van der Waals surface area contributed by atoms with Crippen LogP contribution in [-0.2, 0) is 0 Å². The van der Waals surface area contributed by atoms with E-state index in [1.165, 1.54) is 0 Å². The van der Waals surface area contributed by atoms with Gasteiger partial charge in [-0.15, -0.1) is 0 Å². The van der Waals surface area contributed by atoms with Gasteiger partial charge in [-0.05, 0) is 40.9 Å². The van der Waals surface area contributed by atoms with E-state index < -0.39 is 0 Å². The van der Waals surface area contributed by atoms with Crippen LogP contribution >= 0.6 is 15.9 Å². The molecule has 0 radical (unpaired) electrons. The maximum Gasteiger partial charge on any atom is 0.152 e. The van der Waals surface area contributed by atoms with Gasteiger partial charge in [0, 0.05) is 10.7 Å². The normalized spacial score (nSPS) is 24.4. The maximum atomic E-state index is 9.95. The molecule has 86 valence electrons. The van der Waals surface area contributed by atoms with Crippen molar-refractivity contribution in [2.45, 2.75) is 25.0 Å². The van der Waals surface area contributed by atoms with Gasteiger partial charge in [0.15, 0.2) is 5.82 Å². The van der Waals surface area contributed by atoms with Crippen LogP contribution in [0, 0.1) is 0 Å². The number of aliphatic hydroxyl groups excluding tert-OH is 1. The zero-order valence-electron chi connectivity index (χ0n) is 8.62. The predicted molar refractivity (Wildman–Crippen MR) is 64.4 cm³/mol. The summed E-state index contributed by atoms with van der Waals surface area (Å²) in [7, 11) is 0. The largest absolute Gasteiger partial charge is 0.389 e. The Hall–Kier alpha value is -0.910. The zero-order chi connectivity index (χ0) is 11.5. The quantitative estimate of drug-likeness (QED) is 0.645. The molecule has 0 aliphatic heterocycles. The Morgan fingerprint density at radius 3 is 2.69 bits per heavy atom. The summed E-state index contributed by atoms with van der Waals surface area (Å²) in [5, 5.41) is 20.4. The number of rotatable bonds is 2. The summed E-state index contributed by atoms with van der Waals surface area (Å²) in [6, 6.07) is 3.45. The van der Waals surface area contributed by atoms with Gasteiger partial charge in [0.2, 0.25) is 0 Å². The molecule has 1 aromatic rings. The topological polar surface area (TPSA) is 56.6 Å². The van der Waals surface area contributed by atoms with Crippen molar-refractivity contribution in [2.24, 2.45) is 0 Å². The van der Waals surface area contributed by atoms with Crippen molar-refractivity contribution in [3.8, 4) is 0 Å². The van der Waals surface area contributed by atoms with Gasteiger partial charge in [0.05, 0.1) is 12.1 Å². The van der Waals surface area contributed by atoms with Crippen LogP contribution in [0.4, 0.5) is 5.82 Å². The van der Waals surface area contributed by atoms with Crippen molar-refractivity contribution in [1.29, 1.82) is 0 Å². The van der Waals surface area contributed by atoms with Gasteiger partial charge in [-0.25, -0.2) is 10.0 Å². The summed E-state index contributed by atoms with van der Waals surface area (Å²) >= 11 is 3.29. The van der Waals surface area contributed by atoms with Gasteiger partial charge in [-0.3, -0.25) is 5.21 Å². The highest BCUT2D eigenvalue weighted by molar-refractivity contribution is 9.10. The first-order chi connectivity index (χ1) is 7.66. The molecule has 0 bridgehead atoms. The van der Waals surface area contributed by atoms with Crippen molar-refractivity contribution in [1.82, 2.24) is 4.98 Å². The van der Waals surface area contributed by atoms with E-state index >= 15 is 0 Å². The number of hydrogen-bond acceptors (Lipinski definition) is 4. The summed E-state index contributed by atoms with van der Waals surface area (Å²) in [5.74, 6) is 0.509. The number of pyridine rings is 1. The molecular formula is C11H13BrN2O2.